The lowest BCUT2D eigenvalue weighted by atomic mass is 9.86. The Morgan fingerprint density at radius 1 is 0.932 bits per heavy atom. The van der Waals surface area contributed by atoms with Crippen LogP contribution >= 0.6 is 36.2 Å². The van der Waals surface area contributed by atoms with Crippen molar-refractivity contribution in [2.45, 2.75) is 168 Å². The fourth-order valence-corrected chi connectivity index (χ4v) is 11.6. The molecule has 2 aromatic carbocycles. The Bertz CT molecular complexity index is 2090. The van der Waals surface area contributed by atoms with Crippen molar-refractivity contribution in [2.75, 3.05) is 45.5 Å². The molecule has 406 valence electrons. The summed E-state index contributed by atoms with van der Waals surface area (Å²) in [4.78, 5) is 61.1. The Morgan fingerprint density at radius 3 is 2.10 bits per heavy atom. The number of amides is 4. The summed E-state index contributed by atoms with van der Waals surface area (Å²) in [6.45, 7) is 23.2. The first kappa shape index (κ1) is 61.7. The smallest absolute Gasteiger partial charge is 0.253 e. The zero-order chi connectivity index (χ0) is 53.7. The number of nitrogens with one attached hydrogen (secondary N) is 4. The third kappa shape index (κ3) is 20.0. The largest absolute Gasteiger partial charge is 0.392 e. The predicted octanol–water partition coefficient (Wildman–Crippen LogP) is 9.37. The monoisotopic (exact) mass is 1060 g/mol. The van der Waals surface area contributed by atoms with E-state index in [9.17, 15) is 24.0 Å². The van der Waals surface area contributed by atoms with Crippen LogP contribution in [0.25, 0.3) is 4.91 Å². The number of rotatable bonds is 19. The van der Waals surface area contributed by atoms with E-state index in [1.807, 2.05) is 96.0 Å². The molecule has 0 aromatic heterocycles. The zero-order valence-electron chi connectivity index (χ0n) is 45.2. The van der Waals surface area contributed by atoms with Gasteiger partial charge in [0.2, 0.25) is 18.7 Å². The number of likely N-dealkylation sites (N-methyl/N-ethyl adjacent to an activating group) is 1. The standard InChI is InChI=1S/C28H42ClN5O2S.C13H17NOS.C11H22N2O.C5H8O/c1-20(30-2)14-22-4-7-27(29)26(15-22)28(36)32-23-16-24-5-6-25(17-23)34(24)37-18-21-8-12-33(13-9-21)11-3-10-31-19-35;1-9(2)13(16)12-6-4-11(5-7-12)10(3)14-8-15;1-8-6-5-7-13(8)10(14)9(12)11(2,3)4;6-4-5-2-1-3-5/h4,7,15,19,21,23-25,30H,1,3,5-6,8-14,16-18H2,2H3,(H,31,35)(H,32,36);4-8,10,16H,1-3H3,(H,14,15);8-9H,5-7,12H2,1-4H3;4-5H,1-3H2. The fourth-order valence-electron chi connectivity index (χ4n) is 9.75. The first-order valence-corrected chi connectivity index (χ1v) is 28.5. The van der Waals surface area contributed by atoms with Crippen molar-refractivity contribution in [3.05, 3.63) is 87.6 Å². The number of nitrogens with zero attached hydrogens (tertiary/aromatic N) is 3. The molecule has 5 unspecified atom stereocenters. The number of carbonyl (C=O) groups is 5. The third-order valence-electron chi connectivity index (χ3n) is 14.9. The second-order valence-electron chi connectivity index (χ2n) is 21.9. The molecule has 2 aromatic rings. The first-order chi connectivity index (χ1) is 34.8. The van der Waals surface area contributed by atoms with Gasteiger partial charge in [-0.25, -0.2) is 4.31 Å². The minimum Gasteiger partial charge on any atom is -0.392 e. The Labute approximate surface area is 453 Å². The van der Waals surface area contributed by atoms with Crippen molar-refractivity contribution in [3.63, 3.8) is 0 Å². The van der Waals surface area contributed by atoms with Crippen molar-refractivity contribution in [1.29, 1.82) is 0 Å². The molecule has 5 aliphatic rings. The van der Waals surface area contributed by atoms with Gasteiger partial charge in [-0.2, -0.15) is 0 Å². The maximum atomic E-state index is 13.1. The van der Waals surface area contributed by atoms with Gasteiger partial charge in [0, 0.05) is 73.0 Å². The summed E-state index contributed by atoms with van der Waals surface area (Å²) in [5, 5.41) is 12.3. The van der Waals surface area contributed by atoms with Crippen LogP contribution in [0.4, 0.5) is 0 Å². The van der Waals surface area contributed by atoms with E-state index in [2.05, 4.69) is 68.6 Å². The lowest BCUT2D eigenvalue weighted by Crippen LogP contribution is -2.51. The lowest BCUT2D eigenvalue weighted by Gasteiger charge is -2.39. The average molecular weight is 1070 g/mol. The zero-order valence-corrected chi connectivity index (χ0v) is 47.7. The van der Waals surface area contributed by atoms with Crippen LogP contribution in [0.2, 0.25) is 5.02 Å². The van der Waals surface area contributed by atoms with Crippen molar-refractivity contribution < 1.29 is 24.0 Å². The highest BCUT2D eigenvalue weighted by Gasteiger charge is 2.42. The molecule has 2 bridgehead atoms. The quantitative estimate of drug-likeness (QED) is 0.0345. The topological polar surface area (TPSA) is 169 Å². The molecule has 4 heterocycles. The Hall–Kier alpha value is -3.86. The number of hydrogen-bond acceptors (Lipinski definition) is 11. The Morgan fingerprint density at radius 2 is 1.59 bits per heavy atom. The summed E-state index contributed by atoms with van der Waals surface area (Å²) < 4.78 is 2.66. The van der Waals surface area contributed by atoms with Crippen LogP contribution in [0, 0.1) is 17.3 Å². The Kier molecular flexibility index (Phi) is 26.4. The van der Waals surface area contributed by atoms with E-state index in [-0.39, 0.29) is 35.4 Å². The lowest BCUT2D eigenvalue weighted by molar-refractivity contribution is -0.135. The molecule has 1 saturated carbocycles. The molecule has 73 heavy (non-hydrogen) atoms. The molecule has 7 rings (SSSR count). The van der Waals surface area contributed by atoms with E-state index in [1.165, 1.54) is 56.5 Å². The molecule has 1 aliphatic carbocycles. The summed E-state index contributed by atoms with van der Waals surface area (Å²) in [7, 11) is 1.85. The molecule has 5 fully saturated rings. The van der Waals surface area contributed by atoms with Gasteiger partial charge in [0.25, 0.3) is 5.91 Å². The van der Waals surface area contributed by atoms with Gasteiger partial charge >= 0.3 is 0 Å². The first-order valence-electron chi connectivity index (χ1n) is 26.7. The molecule has 4 aliphatic heterocycles. The number of carbonyl (C=O) groups excluding carboxylic acids is 5. The van der Waals surface area contributed by atoms with E-state index in [1.54, 1.807) is 0 Å². The SMILES string of the molecule is C=C(Cc1ccc(Cl)c(C(=O)NC2CC3CCC(C2)N3SCC2CCN(CCCNC=O)CC2)c1)NC.CC(C)=C(S)c1ccc(C(C)NC=O)cc1.CC1CCCN1C(=O)C(N)C(C)(C)C.O=CC1CCC1. The third-order valence-corrected chi connectivity index (χ3v) is 17.5. The minimum absolute atomic E-state index is 0.0432. The second kappa shape index (κ2) is 31.3. The van der Waals surface area contributed by atoms with Gasteiger partial charge in [0.05, 0.1) is 22.7 Å². The van der Waals surface area contributed by atoms with Crippen LogP contribution in [0.1, 0.15) is 159 Å². The highest BCUT2D eigenvalue weighted by atomic mass is 35.5. The molecular weight excluding hydrogens is 976 g/mol. The van der Waals surface area contributed by atoms with Gasteiger partial charge in [-0.05, 0) is 158 Å². The van der Waals surface area contributed by atoms with E-state index in [0.717, 1.165) is 117 Å². The number of benzene rings is 2. The highest BCUT2D eigenvalue weighted by Crippen LogP contribution is 2.42. The summed E-state index contributed by atoms with van der Waals surface area (Å²) in [5.41, 5.74) is 11.7. The van der Waals surface area contributed by atoms with Crippen LogP contribution in [0.15, 0.2) is 60.3 Å². The van der Waals surface area contributed by atoms with Crippen molar-refractivity contribution in [3.8, 4) is 0 Å². The number of fused-ring (bicyclic) bond motifs is 2. The van der Waals surface area contributed by atoms with E-state index >= 15 is 0 Å². The van der Waals surface area contributed by atoms with Crippen LogP contribution in [0.5, 0.6) is 0 Å². The molecule has 0 spiro atoms. The summed E-state index contributed by atoms with van der Waals surface area (Å²) in [6, 6.07) is 15.0. The molecule has 4 amide bonds. The van der Waals surface area contributed by atoms with Gasteiger partial charge in [-0.3, -0.25) is 19.2 Å². The highest BCUT2D eigenvalue weighted by molar-refractivity contribution is 7.97. The maximum absolute atomic E-state index is 13.1. The number of allylic oxidation sites excluding steroid dienone is 2. The number of nitrogens with two attached hydrogens (primary N) is 1. The molecule has 6 N–H and O–H groups in total. The van der Waals surface area contributed by atoms with E-state index in [4.69, 9.17) is 17.3 Å². The number of likely N-dealkylation sites (tertiary alicyclic amines) is 2. The minimum atomic E-state index is -0.372. The molecule has 0 radical (unpaired) electrons. The second-order valence-corrected chi connectivity index (χ2v) is 23.8. The summed E-state index contributed by atoms with van der Waals surface area (Å²) in [6.07, 6.45) is 17.0. The van der Waals surface area contributed by atoms with Crippen molar-refractivity contribution in [2.24, 2.45) is 23.0 Å². The van der Waals surface area contributed by atoms with Crippen LogP contribution in [0.3, 0.4) is 0 Å². The molecule has 5 atom stereocenters. The van der Waals surface area contributed by atoms with E-state index in [0.29, 0.717) is 41.1 Å². The van der Waals surface area contributed by atoms with Gasteiger partial charge in [0.15, 0.2) is 0 Å². The van der Waals surface area contributed by atoms with Crippen LogP contribution < -0.4 is 27.0 Å². The maximum Gasteiger partial charge on any atom is 0.253 e. The van der Waals surface area contributed by atoms with Gasteiger partial charge in [-0.1, -0.05) is 93.2 Å². The summed E-state index contributed by atoms with van der Waals surface area (Å²) >= 11 is 12.9. The average Bonchev–Trinajstić information content (AvgIpc) is 3.89. The number of halogens is 1. The normalized spacial score (nSPS) is 21.7. The number of thiol groups is 1. The van der Waals surface area contributed by atoms with E-state index < -0.39 is 0 Å². The molecule has 16 heteroatoms. The van der Waals surface area contributed by atoms with Crippen LogP contribution in [-0.4, -0.2) is 121 Å². The van der Waals surface area contributed by atoms with Gasteiger partial charge in [-0.15, -0.1) is 12.6 Å². The molecular formula is C57H89ClN8O5S2. The molecule has 4 saturated heterocycles. The molecule has 13 nitrogen and oxygen atoms in total. The Balaban J connectivity index is 0.000000261. The number of aldehydes is 1. The van der Waals surface area contributed by atoms with Gasteiger partial charge < -0.3 is 41.6 Å². The van der Waals surface area contributed by atoms with Crippen molar-refractivity contribution in [1.82, 2.24) is 35.4 Å². The van der Waals surface area contributed by atoms with Crippen LogP contribution in [-0.2, 0) is 25.6 Å². The summed E-state index contributed by atoms with van der Waals surface area (Å²) in [5.74, 6) is 2.46. The number of hydrogen-bond donors (Lipinski definition) is 6. The fraction of sp³-hybridized carbons (Fsp3) is 0.632. The predicted molar refractivity (Wildman–Crippen MR) is 305 cm³/mol. The number of piperidine rings is 2. The van der Waals surface area contributed by atoms with Crippen molar-refractivity contribution >= 4 is 72.0 Å². The van der Waals surface area contributed by atoms with Gasteiger partial charge in [0.1, 0.15) is 6.29 Å².